The molecule has 1 nitrogen and oxygen atoms in total. The maximum atomic E-state index is 13.8. The summed E-state index contributed by atoms with van der Waals surface area (Å²) in [5.41, 5.74) is 3.06. The first-order chi connectivity index (χ1) is 9.16. The second-order valence-corrected chi connectivity index (χ2v) is 5.03. The summed E-state index contributed by atoms with van der Waals surface area (Å²) in [6, 6.07) is 10.9. The maximum absolute atomic E-state index is 13.8. The molecule has 19 heavy (non-hydrogen) atoms. The van der Waals surface area contributed by atoms with Crippen LogP contribution in [0.5, 0.6) is 0 Å². The molecule has 3 heteroatoms. The quantitative estimate of drug-likeness (QED) is 0.877. The molecule has 0 fully saturated rings. The summed E-state index contributed by atoms with van der Waals surface area (Å²) in [6.45, 7) is 2.20. The first kappa shape index (κ1) is 12.2. The Morgan fingerprint density at radius 2 is 1.95 bits per heavy atom. The molecule has 2 aromatic rings. The molecule has 98 valence electrons. The minimum Gasteiger partial charge on any atom is -0.380 e. The van der Waals surface area contributed by atoms with E-state index in [4.69, 9.17) is 0 Å². The molecule has 1 N–H and O–H groups in total. The standard InChI is InChI=1S/C16H15F2N/c1-10-6-7-14(17)16(15(10)18)19-9-12-8-11-4-2-3-5-13(11)12/h2-7,12,19H,8-9H2,1H3. The molecule has 2 aromatic carbocycles. The Balaban J connectivity index is 1.74. The van der Waals surface area contributed by atoms with Gasteiger partial charge in [-0.2, -0.15) is 0 Å². The van der Waals surface area contributed by atoms with E-state index in [0.717, 1.165) is 6.42 Å². The number of fused-ring (bicyclic) bond motifs is 1. The topological polar surface area (TPSA) is 12.0 Å². The van der Waals surface area contributed by atoms with Gasteiger partial charge < -0.3 is 5.32 Å². The van der Waals surface area contributed by atoms with Gasteiger partial charge in [-0.25, -0.2) is 8.78 Å². The molecule has 0 bridgehead atoms. The van der Waals surface area contributed by atoms with Gasteiger partial charge in [-0.1, -0.05) is 30.3 Å². The average molecular weight is 259 g/mol. The molecule has 3 rings (SSSR count). The zero-order valence-electron chi connectivity index (χ0n) is 10.7. The van der Waals surface area contributed by atoms with Crippen LogP contribution in [0.4, 0.5) is 14.5 Å². The molecule has 0 heterocycles. The molecule has 1 aliphatic carbocycles. The number of benzene rings is 2. The summed E-state index contributed by atoms with van der Waals surface area (Å²) in [4.78, 5) is 0. The molecule has 0 aromatic heterocycles. The Kier molecular flexibility index (Phi) is 2.97. The summed E-state index contributed by atoms with van der Waals surface area (Å²) in [7, 11) is 0. The van der Waals surface area contributed by atoms with Crippen LogP contribution in [0.3, 0.4) is 0 Å². The summed E-state index contributed by atoms with van der Waals surface area (Å²) in [5, 5.41) is 2.91. The van der Waals surface area contributed by atoms with Gasteiger partial charge in [0.05, 0.1) is 0 Å². The van der Waals surface area contributed by atoms with Crippen molar-refractivity contribution in [3.05, 3.63) is 64.7 Å². The molecule has 0 radical (unpaired) electrons. The van der Waals surface area contributed by atoms with E-state index in [1.165, 1.54) is 23.3 Å². The van der Waals surface area contributed by atoms with Crippen LogP contribution in [0, 0.1) is 18.6 Å². The molecule has 0 amide bonds. The Morgan fingerprint density at radius 1 is 1.16 bits per heavy atom. The fourth-order valence-electron chi connectivity index (χ4n) is 2.59. The van der Waals surface area contributed by atoms with E-state index in [1.807, 2.05) is 12.1 Å². The number of anilines is 1. The Labute approximate surface area is 111 Å². The molecule has 1 atom stereocenters. The highest BCUT2D eigenvalue weighted by Crippen LogP contribution is 2.35. The first-order valence-corrected chi connectivity index (χ1v) is 6.43. The van der Waals surface area contributed by atoms with Crippen LogP contribution in [0.15, 0.2) is 36.4 Å². The lowest BCUT2D eigenvalue weighted by molar-refractivity contribution is 0.574. The van der Waals surface area contributed by atoms with Crippen LogP contribution >= 0.6 is 0 Å². The van der Waals surface area contributed by atoms with Crippen molar-refractivity contribution in [2.75, 3.05) is 11.9 Å². The fraction of sp³-hybridized carbons (Fsp3) is 0.250. The number of rotatable bonds is 3. The van der Waals surface area contributed by atoms with Gasteiger partial charge in [0.25, 0.3) is 0 Å². The predicted octanol–water partition coefficient (Wildman–Crippen LogP) is 4.03. The van der Waals surface area contributed by atoms with Gasteiger partial charge in [-0.3, -0.25) is 0 Å². The van der Waals surface area contributed by atoms with Gasteiger partial charge in [0.2, 0.25) is 0 Å². The smallest absolute Gasteiger partial charge is 0.152 e. The van der Waals surface area contributed by atoms with Gasteiger partial charge in [0.15, 0.2) is 5.82 Å². The minimum atomic E-state index is -0.532. The van der Waals surface area contributed by atoms with E-state index in [2.05, 4.69) is 17.4 Å². The first-order valence-electron chi connectivity index (χ1n) is 6.43. The summed E-state index contributed by atoms with van der Waals surface area (Å²) in [5.74, 6) is -0.682. The average Bonchev–Trinajstić information content (AvgIpc) is 2.39. The number of hydrogen-bond acceptors (Lipinski definition) is 1. The SMILES string of the molecule is Cc1ccc(F)c(NCC2Cc3ccccc32)c1F. The molecule has 0 saturated carbocycles. The molecule has 0 saturated heterocycles. The predicted molar refractivity (Wildman–Crippen MR) is 72.5 cm³/mol. The lowest BCUT2D eigenvalue weighted by Gasteiger charge is -2.30. The van der Waals surface area contributed by atoms with Crippen molar-refractivity contribution in [2.24, 2.45) is 0 Å². The van der Waals surface area contributed by atoms with Gasteiger partial charge >= 0.3 is 0 Å². The monoisotopic (exact) mass is 259 g/mol. The van der Waals surface area contributed by atoms with Crippen molar-refractivity contribution in [1.82, 2.24) is 0 Å². The normalized spacial score (nSPS) is 16.7. The Bertz CT molecular complexity index is 622. The number of hydrogen-bond donors (Lipinski definition) is 1. The fourth-order valence-corrected chi connectivity index (χ4v) is 2.59. The molecular weight excluding hydrogens is 244 g/mol. The van der Waals surface area contributed by atoms with Crippen molar-refractivity contribution >= 4 is 5.69 Å². The van der Waals surface area contributed by atoms with E-state index in [-0.39, 0.29) is 5.69 Å². The lowest BCUT2D eigenvalue weighted by atomic mass is 9.77. The van der Waals surface area contributed by atoms with Crippen LogP contribution in [-0.4, -0.2) is 6.54 Å². The second-order valence-electron chi connectivity index (χ2n) is 5.03. The summed E-state index contributed by atoms with van der Waals surface area (Å²) < 4.78 is 27.4. The van der Waals surface area contributed by atoms with Crippen molar-refractivity contribution in [2.45, 2.75) is 19.3 Å². The Morgan fingerprint density at radius 3 is 2.74 bits per heavy atom. The third kappa shape index (κ3) is 2.09. The number of aryl methyl sites for hydroxylation is 1. The molecular formula is C16H15F2N. The van der Waals surface area contributed by atoms with Crippen LogP contribution < -0.4 is 5.32 Å². The van der Waals surface area contributed by atoms with Gasteiger partial charge in [-0.15, -0.1) is 0 Å². The maximum Gasteiger partial charge on any atom is 0.152 e. The van der Waals surface area contributed by atoms with E-state index in [0.29, 0.717) is 18.0 Å². The highest BCUT2D eigenvalue weighted by molar-refractivity contribution is 5.50. The highest BCUT2D eigenvalue weighted by Gasteiger charge is 2.25. The van der Waals surface area contributed by atoms with Crippen LogP contribution in [0.2, 0.25) is 0 Å². The minimum absolute atomic E-state index is 0.00983. The summed E-state index contributed by atoms with van der Waals surface area (Å²) in [6.07, 6.45) is 0.970. The van der Waals surface area contributed by atoms with Crippen molar-refractivity contribution < 1.29 is 8.78 Å². The van der Waals surface area contributed by atoms with E-state index in [9.17, 15) is 8.78 Å². The molecule has 0 aliphatic heterocycles. The van der Waals surface area contributed by atoms with E-state index in [1.54, 1.807) is 6.92 Å². The molecule has 0 spiro atoms. The Hall–Kier alpha value is -1.90. The third-order valence-electron chi connectivity index (χ3n) is 3.77. The number of halogens is 2. The lowest BCUT2D eigenvalue weighted by Crippen LogP contribution is -2.24. The molecule has 1 unspecified atom stereocenters. The van der Waals surface area contributed by atoms with Crippen molar-refractivity contribution in [1.29, 1.82) is 0 Å². The van der Waals surface area contributed by atoms with Crippen LogP contribution in [0.25, 0.3) is 0 Å². The van der Waals surface area contributed by atoms with E-state index < -0.39 is 11.6 Å². The van der Waals surface area contributed by atoms with Crippen LogP contribution in [-0.2, 0) is 6.42 Å². The van der Waals surface area contributed by atoms with E-state index >= 15 is 0 Å². The van der Waals surface area contributed by atoms with Gasteiger partial charge in [-0.05, 0) is 36.1 Å². The van der Waals surface area contributed by atoms with Crippen molar-refractivity contribution in [3.63, 3.8) is 0 Å². The van der Waals surface area contributed by atoms with Crippen molar-refractivity contribution in [3.8, 4) is 0 Å². The third-order valence-corrected chi connectivity index (χ3v) is 3.77. The molecule has 1 aliphatic rings. The largest absolute Gasteiger partial charge is 0.380 e. The zero-order valence-corrected chi connectivity index (χ0v) is 10.7. The van der Waals surface area contributed by atoms with Gasteiger partial charge in [0, 0.05) is 12.5 Å². The second kappa shape index (κ2) is 4.65. The van der Waals surface area contributed by atoms with Gasteiger partial charge in [0.1, 0.15) is 11.5 Å². The van der Waals surface area contributed by atoms with Crippen LogP contribution in [0.1, 0.15) is 22.6 Å². The zero-order chi connectivity index (χ0) is 13.4. The summed E-state index contributed by atoms with van der Waals surface area (Å²) >= 11 is 0. The number of nitrogens with one attached hydrogen (secondary N) is 1. The highest BCUT2D eigenvalue weighted by atomic mass is 19.1.